The maximum Gasteiger partial charge on any atom is 0.156 e. The van der Waals surface area contributed by atoms with Crippen LogP contribution < -0.4 is 0 Å². The van der Waals surface area contributed by atoms with E-state index in [9.17, 15) is 0 Å². The maximum atomic E-state index is 9.03. The van der Waals surface area contributed by atoms with Gasteiger partial charge in [-0.25, -0.2) is 0 Å². The Morgan fingerprint density at radius 2 is 1.58 bits per heavy atom. The Morgan fingerprint density at radius 1 is 0.947 bits per heavy atom. The van der Waals surface area contributed by atoms with Crippen LogP contribution in [0.1, 0.15) is 12.0 Å². The molecule has 0 amide bonds. The number of benzene rings is 2. The highest BCUT2D eigenvalue weighted by atomic mass is 16.6. The monoisotopic (exact) mass is 253 g/mol. The van der Waals surface area contributed by atoms with Crippen LogP contribution in [-0.2, 0) is 4.84 Å². The van der Waals surface area contributed by atoms with Gasteiger partial charge in [0, 0.05) is 6.42 Å². The topological polar surface area (TPSA) is 41.8 Å². The van der Waals surface area contributed by atoms with Crippen LogP contribution in [0.5, 0.6) is 0 Å². The van der Waals surface area contributed by atoms with Crippen molar-refractivity contribution in [1.82, 2.24) is 0 Å². The van der Waals surface area contributed by atoms with Crippen molar-refractivity contribution in [2.45, 2.75) is 12.5 Å². The zero-order valence-corrected chi connectivity index (χ0v) is 10.5. The molecule has 0 aliphatic carbocycles. The summed E-state index contributed by atoms with van der Waals surface area (Å²) in [5, 5.41) is 13.0. The smallest absolute Gasteiger partial charge is 0.156 e. The molecule has 3 rings (SSSR count). The van der Waals surface area contributed by atoms with E-state index in [0.29, 0.717) is 6.42 Å². The molecule has 1 N–H and O–H groups in total. The van der Waals surface area contributed by atoms with Crippen molar-refractivity contribution >= 4 is 5.71 Å². The first kappa shape index (κ1) is 11.9. The number of hydrogen-bond donors (Lipinski definition) is 1. The van der Waals surface area contributed by atoms with Gasteiger partial charge in [0.2, 0.25) is 0 Å². The van der Waals surface area contributed by atoms with Gasteiger partial charge < -0.3 is 9.94 Å². The average Bonchev–Trinajstić information content (AvgIpc) is 2.97. The first-order chi connectivity index (χ1) is 9.36. The lowest BCUT2D eigenvalue weighted by Crippen LogP contribution is -2.12. The van der Waals surface area contributed by atoms with Crippen LogP contribution in [0.3, 0.4) is 0 Å². The molecule has 3 nitrogen and oxygen atoms in total. The SMILES string of the molecule is OC[C@@H]1CC(c2ccc(-c3ccccc3)cc2)=NO1. The second-order valence-corrected chi connectivity index (χ2v) is 4.60. The second-order valence-electron chi connectivity index (χ2n) is 4.60. The number of rotatable bonds is 3. The van der Waals surface area contributed by atoms with E-state index in [1.54, 1.807) is 0 Å². The normalized spacial score (nSPS) is 17.9. The summed E-state index contributed by atoms with van der Waals surface area (Å²) in [5.41, 5.74) is 4.34. The summed E-state index contributed by atoms with van der Waals surface area (Å²) in [4.78, 5) is 5.12. The van der Waals surface area contributed by atoms with Gasteiger partial charge in [-0.2, -0.15) is 0 Å². The Labute approximate surface area is 112 Å². The summed E-state index contributed by atoms with van der Waals surface area (Å²) in [7, 11) is 0. The molecule has 1 aliphatic rings. The lowest BCUT2D eigenvalue weighted by molar-refractivity contribution is 0.0390. The summed E-state index contributed by atoms with van der Waals surface area (Å²) in [6.07, 6.45) is 0.477. The Bertz CT molecular complexity index is 575. The molecule has 96 valence electrons. The molecule has 0 spiro atoms. The van der Waals surface area contributed by atoms with Crippen molar-refractivity contribution in [3.05, 3.63) is 60.2 Å². The number of aliphatic hydroxyl groups is 1. The first-order valence-corrected chi connectivity index (χ1v) is 6.36. The molecule has 3 heteroatoms. The molecule has 1 atom stereocenters. The molecule has 19 heavy (non-hydrogen) atoms. The van der Waals surface area contributed by atoms with Crippen LogP contribution >= 0.6 is 0 Å². The second kappa shape index (κ2) is 5.24. The Hall–Kier alpha value is -2.13. The summed E-state index contributed by atoms with van der Waals surface area (Å²) < 4.78 is 0. The predicted molar refractivity (Wildman–Crippen MR) is 75.0 cm³/mol. The molecule has 0 fully saturated rings. The van der Waals surface area contributed by atoms with E-state index < -0.39 is 0 Å². The maximum absolute atomic E-state index is 9.03. The lowest BCUT2D eigenvalue weighted by atomic mass is 10.0. The van der Waals surface area contributed by atoms with Crippen molar-refractivity contribution in [3.63, 3.8) is 0 Å². The quantitative estimate of drug-likeness (QED) is 0.913. The van der Waals surface area contributed by atoms with E-state index in [1.165, 1.54) is 11.1 Å². The molecule has 0 bridgehead atoms. The van der Waals surface area contributed by atoms with Gasteiger partial charge >= 0.3 is 0 Å². The van der Waals surface area contributed by atoms with Crippen molar-refractivity contribution < 1.29 is 9.94 Å². The number of hydrogen-bond acceptors (Lipinski definition) is 3. The third-order valence-electron chi connectivity index (χ3n) is 3.26. The predicted octanol–water partition coefficient (Wildman–Crippen LogP) is 2.84. The number of aliphatic hydroxyl groups excluding tert-OH is 1. The zero-order chi connectivity index (χ0) is 13.1. The van der Waals surface area contributed by atoms with Gasteiger partial charge in [0.15, 0.2) is 6.10 Å². The van der Waals surface area contributed by atoms with Crippen molar-refractivity contribution in [2.75, 3.05) is 6.61 Å². The van der Waals surface area contributed by atoms with E-state index in [2.05, 4.69) is 29.4 Å². The zero-order valence-electron chi connectivity index (χ0n) is 10.5. The van der Waals surface area contributed by atoms with Crippen molar-refractivity contribution in [3.8, 4) is 11.1 Å². The molecule has 0 unspecified atom stereocenters. The highest BCUT2D eigenvalue weighted by molar-refractivity contribution is 6.01. The molecule has 0 radical (unpaired) electrons. The van der Waals surface area contributed by atoms with Gasteiger partial charge in [-0.05, 0) is 16.7 Å². The standard InChI is InChI=1S/C16H15NO2/c18-11-15-10-16(17-19-15)14-8-6-13(7-9-14)12-4-2-1-3-5-12/h1-9,15,18H,10-11H2/t15-/m0/s1. The average molecular weight is 253 g/mol. The van der Waals surface area contributed by atoms with Gasteiger partial charge in [-0.15, -0.1) is 0 Å². The lowest BCUT2D eigenvalue weighted by Gasteiger charge is -2.04. The van der Waals surface area contributed by atoms with E-state index >= 15 is 0 Å². The summed E-state index contributed by atoms with van der Waals surface area (Å²) in [6, 6.07) is 18.5. The van der Waals surface area contributed by atoms with Crippen LogP contribution in [-0.4, -0.2) is 23.5 Å². The highest BCUT2D eigenvalue weighted by Gasteiger charge is 2.20. The van der Waals surface area contributed by atoms with Gasteiger partial charge in [-0.3, -0.25) is 0 Å². The molecule has 1 heterocycles. The number of oxime groups is 1. The minimum atomic E-state index is -0.191. The van der Waals surface area contributed by atoms with E-state index in [-0.39, 0.29) is 12.7 Å². The summed E-state index contributed by atoms with van der Waals surface area (Å²) in [6.45, 7) is 0.00903. The first-order valence-electron chi connectivity index (χ1n) is 6.36. The molecular weight excluding hydrogens is 238 g/mol. The molecule has 1 aliphatic heterocycles. The molecule has 0 saturated heterocycles. The van der Waals surface area contributed by atoms with E-state index in [4.69, 9.17) is 9.94 Å². The molecule has 0 saturated carbocycles. The van der Waals surface area contributed by atoms with Gasteiger partial charge in [0.25, 0.3) is 0 Å². The largest absolute Gasteiger partial charge is 0.392 e. The third kappa shape index (κ3) is 2.51. The molecular formula is C16H15NO2. The molecule has 0 aromatic heterocycles. The minimum Gasteiger partial charge on any atom is -0.392 e. The Kier molecular flexibility index (Phi) is 3.29. The van der Waals surface area contributed by atoms with Gasteiger partial charge in [0.05, 0.1) is 12.3 Å². The van der Waals surface area contributed by atoms with Crippen LogP contribution in [0.4, 0.5) is 0 Å². The van der Waals surface area contributed by atoms with Crippen molar-refractivity contribution in [2.24, 2.45) is 5.16 Å². The Morgan fingerprint density at radius 3 is 2.21 bits per heavy atom. The molecule has 2 aromatic rings. The van der Waals surface area contributed by atoms with Crippen LogP contribution in [0.25, 0.3) is 11.1 Å². The van der Waals surface area contributed by atoms with Crippen LogP contribution in [0.2, 0.25) is 0 Å². The van der Waals surface area contributed by atoms with Crippen LogP contribution in [0.15, 0.2) is 59.8 Å². The fraction of sp³-hybridized carbons (Fsp3) is 0.188. The number of nitrogens with zero attached hydrogens (tertiary/aromatic N) is 1. The fourth-order valence-corrected chi connectivity index (χ4v) is 2.18. The van der Waals surface area contributed by atoms with Gasteiger partial charge in [-0.1, -0.05) is 59.8 Å². The fourth-order valence-electron chi connectivity index (χ4n) is 2.18. The molecule has 2 aromatic carbocycles. The Balaban J connectivity index is 1.80. The van der Waals surface area contributed by atoms with Crippen LogP contribution in [0, 0.1) is 0 Å². The van der Waals surface area contributed by atoms with E-state index in [1.807, 2.05) is 30.3 Å². The van der Waals surface area contributed by atoms with Crippen molar-refractivity contribution in [1.29, 1.82) is 0 Å². The summed E-state index contributed by atoms with van der Waals surface area (Å²) >= 11 is 0. The van der Waals surface area contributed by atoms with Gasteiger partial charge in [0.1, 0.15) is 0 Å². The van der Waals surface area contributed by atoms with E-state index in [0.717, 1.165) is 11.3 Å². The third-order valence-corrected chi connectivity index (χ3v) is 3.26. The minimum absolute atomic E-state index is 0.00903. The highest BCUT2D eigenvalue weighted by Crippen LogP contribution is 2.22. The summed E-state index contributed by atoms with van der Waals surface area (Å²) in [5.74, 6) is 0.